The van der Waals surface area contributed by atoms with Gasteiger partial charge in [0.15, 0.2) is 0 Å². The van der Waals surface area contributed by atoms with E-state index in [1.54, 1.807) is 0 Å². The van der Waals surface area contributed by atoms with E-state index in [1.807, 2.05) is 25.1 Å². The Morgan fingerprint density at radius 1 is 1.29 bits per heavy atom. The van der Waals surface area contributed by atoms with Crippen LogP contribution in [-0.2, 0) is 4.79 Å². The molecule has 1 aliphatic heterocycles. The first-order chi connectivity index (χ1) is 9.97. The Morgan fingerprint density at radius 2 is 1.95 bits per heavy atom. The van der Waals surface area contributed by atoms with E-state index in [1.165, 1.54) is 0 Å². The van der Waals surface area contributed by atoms with Crippen LogP contribution >= 0.6 is 0 Å². The highest BCUT2D eigenvalue weighted by atomic mass is 16.1. The van der Waals surface area contributed by atoms with E-state index >= 15 is 0 Å². The zero-order valence-electron chi connectivity index (χ0n) is 13.6. The second kappa shape index (κ2) is 6.92. The number of amides is 1. The lowest BCUT2D eigenvalue weighted by Crippen LogP contribution is -2.44. The van der Waals surface area contributed by atoms with Crippen LogP contribution in [0.4, 0.5) is 5.82 Å². The van der Waals surface area contributed by atoms with Crippen molar-refractivity contribution in [2.45, 2.75) is 46.6 Å². The molecule has 1 amide bonds. The smallest absolute Gasteiger partial charge is 0.223 e. The van der Waals surface area contributed by atoms with Gasteiger partial charge in [-0.3, -0.25) is 4.79 Å². The molecule has 1 aliphatic rings. The summed E-state index contributed by atoms with van der Waals surface area (Å²) in [6.07, 6.45) is 1.82. The minimum absolute atomic E-state index is 0.146. The second-order valence-corrected chi connectivity index (χ2v) is 6.44. The molecule has 0 bridgehead atoms. The maximum Gasteiger partial charge on any atom is 0.223 e. The predicted molar refractivity (Wildman–Crippen MR) is 86.4 cm³/mol. The Bertz CT molecular complexity index is 479. The molecule has 4 nitrogen and oxygen atoms in total. The Labute approximate surface area is 127 Å². The highest BCUT2D eigenvalue weighted by molar-refractivity contribution is 5.79. The van der Waals surface area contributed by atoms with Crippen LogP contribution in [0.25, 0.3) is 0 Å². The molecule has 1 N–H and O–H groups in total. The number of aryl methyl sites for hydroxylation is 1. The van der Waals surface area contributed by atoms with E-state index in [9.17, 15) is 4.79 Å². The molecule has 2 heterocycles. The van der Waals surface area contributed by atoms with Crippen LogP contribution in [0.1, 0.15) is 39.3 Å². The van der Waals surface area contributed by atoms with Crippen LogP contribution in [0.3, 0.4) is 0 Å². The molecule has 4 heteroatoms. The normalized spacial score (nSPS) is 17.9. The molecule has 1 fully saturated rings. The topological polar surface area (TPSA) is 45.2 Å². The van der Waals surface area contributed by atoms with Gasteiger partial charge in [0.05, 0.1) is 0 Å². The fourth-order valence-electron chi connectivity index (χ4n) is 2.58. The molecule has 21 heavy (non-hydrogen) atoms. The van der Waals surface area contributed by atoms with Crippen LogP contribution in [0.2, 0.25) is 0 Å². The van der Waals surface area contributed by atoms with Gasteiger partial charge in [0.25, 0.3) is 0 Å². The van der Waals surface area contributed by atoms with Crippen molar-refractivity contribution >= 4 is 11.7 Å². The molecule has 1 atom stereocenters. The van der Waals surface area contributed by atoms with Crippen LogP contribution < -0.4 is 10.2 Å². The number of carbonyl (C=O) groups is 1. The molecule has 2 rings (SSSR count). The summed E-state index contributed by atoms with van der Waals surface area (Å²) in [6, 6.07) is 6.35. The zero-order valence-corrected chi connectivity index (χ0v) is 13.6. The average molecular weight is 289 g/mol. The standard InChI is InChI=1S/C17H27N3O/c1-12(2)14(4)19-17(21)15-8-10-20(11-9-15)16-7-5-6-13(3)18-16/h5-7,12,14-15H,8-11H2,1-4H3,(H,19,21)/t14-/m0/s1. The molecule has 1 aromatic rings. The molecule has 116 valence electrons. The number of anilines is 1. The Hall–Kier alpha value is -1.58. The Kier molecular flexibility index (Phi) is 5.21. The number of nitrogens with one attached hydrogen (secondary N) is 1. The molecule has 0 saturated carbocycles. The van der Waals surface area contributed by atoms with Gasteiger partial charge in [0, 0.05) is 30.7 Å². The van der Waals surface area contributed by atoms with Crippen molar-refractivity contribution in [1.29, 1.82) is 0 Å². The fraction of sp³-hybridized carbons (Fsp3) is 0.647. The third kappa shape index (κ3) is 4.19. The molecule has 0 aliphatic carbocycles. The summed E-state index contributed by atoms with van der Waals surface area (Å²) in [5.41, 5.74) is 1.04. The lowest BCUT2D eigenvalue weighted by Gasteiger charge is -2.33. The first-order valence-corrected chi connectivity index (χ1v) is 7.96. The SMILES string of the molecule is Cc1cccc(N2CCC(C(=O)N[C@@H](C)C(C)C)CC2)n1. The van der Waals surface area contributed by atoms with Gasteiger partial charge in [-0.1, -0.05) is 19.9 Å². The van der Waals surface area contributed by atoms with Gasteiger partial charge >= 0.3 is 0 Å². The monoisotopic (exact) mass is 289 g/mol. The Balaban J connectivity index is 1.87. The number of piperidine rings is 1. The molecule has 0 aromatic carbocycles. The summed E-state index contributed by atoms with van der Waals surface area (Å²) < 4.78 is 0. The minimum atomic E-state index is 0.146. The second-order valence-electron chi connectivity index (χ2n) is 6.44. The average Bonchev–Trinajstić information content (AvgIpc) is 2.47. The predicted octanol–water partition coefficient (Wildman–Crippen LogP) is 2.77. The van der Waals surface area contributed by atoms with Gasteiger partial charge in [-0.05, 0) is 44.7 Å². The largest absolute Gasteiger partial charge is 0.357 e. The zero-order chi connectivity index (χ0) is 15.4. The number of carbonyl (C=O) groups excluding carboxylic acids is 1. The summed E-state index contributed by atoms with van der Waals surface area (Å²) in [5, 5.41) is 3.14. The van der Waals surface area contributed by atoms with Crippen molar-refractivity contribution in [3.05, 3.63) is 23.9 Å². The van der Waals surface area contributed by atoms with Gasteiger partial charge in [-0.2, -0.15) is 0 Å². The summed E-state index contributed by atoms with van der Waals surface area (Å²) in [7, 11) is 0. The van der Waals surface area contributed by atoms with E-state index in [0.29, 0.717) is 5.92 Å². The Morgan fingerprint density at radius 3 is 2.52 bits per heavy atom. The van der Waals surface area contributed by atoms with E-state index in [-0.39, 0.29) is 17.9 Å². The van der Waals surface area contributed by atoms with Gasteiger partial charge in [-0.25, -0.2) is 4.98 Å². The number of hydrogen-bond donors (Lipinski definition) is 1. The summed E-state index contributed by atoms with van der Waals surface area (Å²) >= 11 is 0. The molecule has 1 aromatic heterocycles. The third-order valence-corrected chi connectivity index (χ3v) is 4.43. The third-order valence-electron chi connectivity index (χ3n) is 4.43. The number of pyridine rings is 1. The number of rotatable bonds is 4. The first kappa shape index (κ1) is 15.8. The van der Waals surface area contributed by atoms with Gasteiger partial charge in [-0.15, -0.1) is 0 Å². The van der Waals surface area contributed by atoms with Crippen molar-refractivity contribution in [3.63, 3.8) is 0 Å². The number of hydrogen-bond acceptors (Lipinski definition) is 3. The van der Waals surface area contributed by atoms with E-state index in [4.69, 9.17) is 0 Å². The molecule has 1 saturated heterocycles. The minimum Gasteiger partial charge on any atom is -0.357 e. The maximum atomic E-state index is 12.3. The van der Waals surface area contributed by atoms with Crippen LogP contribution in [0.5, 0.6) is 0 Å². The fourth-order valence-corrected chi connectivity index (χ4v) is 2.58. The van der Waals surface area contributed by atoms with Crippen LogP contribution in [0, 0.1) is 18.8 Å². The van der Waals surface area contributed by atoms with Crippen molar-refractivity contribution in [2.24, 2.45) is 11.8 Å². The van der Waals surface area contributed by atoms with Crippen molar-refractivity contribution in [2.75, 3.05) is 18.0 Å². The first-order valence-electron chi connectivity index (χ1n) is 7.96. The van der Waals surface area contributed by atoms with Crippen LogP contribution in [0.15, 0.2) is 18.2 Å². The van der Waals surface area contributed by atoms with Gasteiger partial charge in [0.2, 0.25) is 5.91 Å². The molecular formula is C17H27N3O. The maximum absolute atomic E-state index is 12.3. The van der Waals surface area contributed by atoms with E-state index in [0.717, 1.165) is 37.4 Å². The quantitative estimate of drug-likeness (QED) is 0.927. The summed E-state index contributed by atoms with van der Waals surface area (Å²) in [5.74, 6) is 1.87. The van der Waals surface area contributed by atoms with Crippen molar-refractivity contribution in [3.8, 4) is 0 Å². The lowest BCUT2D eigenvalue weighted by atomic mass is 9.95. The molecule has 0 unspecified atom stereocenters. The highest BCUT2D eigenvalue weighted by Crippen LogP contribution is 2.22. The van der Waals surface area contributed by atoms with Gasteiger partial charge < -0.3 is 10.2 Å². The van der Waals surface area contributed by atoms with Gasteiger partial charge in [0.1, 0.15) is 5.82 Å². The van der Waals surface area contributed by atoms with Crippen molar-refractivity contribution in [1.82, 2.24) is 10.3 Å². The van der Waals surface area contributed by atoms with Crippen molar-refractivity contribution < 1.29 is 4.79 Å². The summed E-state index contributed by atoms with van der Waals surface area (Å²) in [6.45, 7) is 10.2. The van der Waals surface area contributed by atoms with E-state index in [2.05, 4.69) is 36.0 Å². The lowest BCUT2D eigenvalue weighted by molar-refractivity contribution is -0.126. The summed E-state index contributed by atoms with van der Waals surface area (Å²) in [4.78, 5) is 19.1. The van der Waals surface area contributed by atoms with E-state index < -0.39 is 0 Å². The highest BCUT2D eigenvalue weighted by Gasteiger charge is 2.26. The number of nitrogens with zero attached hydrogens (tertiary/aromatic N) is 2. The molecule has 0 spiro atoms. The molecular weight excluding hydrogens is 262 g/mol. The number of aromatic nitrogens is 1. The van der Waals surface area contributed by atoms with Crippen LogP contribution in [-0.4, -0.2) is 30.0 Å². The molecule has 0 radical (unpaired) electrons.